The van der Waals surface area contributed by atoms with Crippen molar-refractivity contribution in [3.05, 3.63) is 24.4 Å². The topological polar surface area (TPSA) is 24.7 Å². The van der Waals surface area contributed by atoms with Crippen molar-refractivity contribution >= 4 is 12.1 Å². The second kappa shape index (κ2) is 1.52. The van der Waals surface area contributed by atoms with Crippen LogP contribution in [-0.4, -0.2) is 12.1 Å². The van der Waals surface area contributed by atoms with E-state index >= 15 is 0 Å². The van der Waals surface area contributed by atoms with Crippen LogP contribution in [0.5, 0.6) is 0 Å². The third kappa shape index (κ3) is 0.530. The number of hydrogen-bond donors (Lipinski definition) is 0. The van der Waals surface area contributed by atoms with Crippen LogP contribution in [0, 0.1) is 11.3 Å². The van der Waals surface area contributed by atoms with Crippen LogP contribution in [0.1, 0.15) is 6.42 Å². The van der Waals surface area contributed by atoms with Gasteiger partial charge in [-0.05, 0) is 18.4 Å². The molecule has 2 unspecified atom stereocenters. The van der Waals surface area contributed by atoms with E-state index in [9.17, 15) is 0 Å². The first-order valence-electron chi connectivity index (χ1n) is 3.89. The molecule has 0 radical (unpaired) electrons. The minimum atomic E-state index is 0.226. The summed E-state index contributed by atoms with van der Waals surface area (Å²) in [7, 11) is 0. The Morgan fingerprint density at radius 1 is 1.55 bits per heavy atom. The summed E-state index contributed by atoms with van der Waals surface area (Å²) in [5.41, 5.74) is 0.226. The van der Waals surface area contributed by atoms with E-state index in [0.717, 1.165) is 5.84 Å². The lowest BCUT2D eigenvalue weighted by molar-refractivity contribution is 0.815. The second-order valence-electron chi connectivity index (χ2n) is 3.28. The number of aliphatic imine (C=N–C) groups is 2. The smallest absolute Gasteiger partial charge is 0.138 e. The summed E-state index contributed by atoms with van der Waals surface area (Å²) in [5, 5.41) is 0. The van der Waals surface area contributed by atoms with Crippen molar-refractivity contribution in [2.24, 2.45) is 21.3 Å². The molecule has 1 spiro atoms. The van der Waals surface area contributed by atoms with Crippen molar-refractivity contribution in [2.45, 2.75) is 6.42 Å². The summed E-state index contributed by atoms with van der Waals surface area (Å²) in [6.07, 6.45) is 11.3. The van der Waals surface area contributed by atoms with Gasteiger partial charge in [0.15, 0.2) is 0 Å². The standard InChI is InChI=1S/C9H8N2/c1-3-9-6-7(9)2-5-11-8(9)10-4-1/h1-5,7H,6H2. The monoisotopic (exact) mass is 144 g/mol. The Morgan fingerprint density at radius 2 is 2.55 bits per heavy atom. The summed E-state index contributed by atoms with van der Waals surface area (Å²) in [4.78, 5) is 8.50. The van der Waals surface area contributed by atoms with Crippen molar-refractivity contribution in [1.29, 1.82) is 0 Å². The molecule has 1 fully saturated rings. The highest BCUT2D eigenvalue weighted by molar-refractivity contribution is 6.03. The molecule has 3 aliphatic rings. The van der Waals surface area contributed by atoms with Gasteiger partial charge in [0.05, 0.1) is 5.41 Å². The molecule has 0 N–H and O–H groups in total. The number of amidine groups is 1. The van der Waals surface area contributed by atoms with E-state index in [1.165, 1.54) is 6.42 Å². The first kappa shape index (κ1) is 5.47. The van der Waals surface area contributed by atoms with Gasteiger partial charge in [-0.2, -0.15) is 0 Å². The van der Waals surface area contributed by atoms with E-state index in [4.69, 9.17) is 0 Å². The zero-order valence-electron chi connectivity index (χ0n) is 6.07. The van der Waals surface area contributed by atoms with Gasteiger partial charge >= 0.3 is 0 Å². The van der Waals surface area contributed by atoms with Crippen molar-refractivity contribution in [3.8, 4) is 0 Å². The normalized spacial score (nSPS) is 42.9. The number of allylic oxidation sites excluding steroid dienone is 2. The van der Waals surface area contributed by atoms with Crippen LogP contribution in [0.3, 0.4) is 0 Å². The summed E-state index contributed by atoms with van der Waals surface area (Å²) >= 11 is 0. The summed E-state index contributed by atoms with van der Waals surface area (Å²) in [6.45, 7) is 0. The number of dihydropyridines is 1. The molecule has 0 aromatic rings. The predicted molar refractivity (Wildman–Crippen MR) is 44.7 cm³/mol. The summed E-state index contributed by atoms with van der Waals surface area (Å²) in [6, 6.07) is 0. The van der Waals surface area contributed by atoms with Crippen molar-refractivity contribution < 1.29 is 0 Å². The van der Waals surface area contributed by atoms with Gasteiger partial charge < -0.3 is 0 Å². The molecule has 54 valence electrons. The van der Waals surface area contributed by atoms with Gasteiger partial charge in [0.2, 0.25) is 0 Å². The maximum atomic E-state index is 4.25. The Balaban J connectivity index is 2.18. The Morgan fingerprint density at radius 3 is 3.45 bits per heavy atom. The SMILES string of the molecule is C1=CC23CC2C=CN=C3N=C1. The first-order valence-corrected chi connectivity index (χ1v) is 3.89. The molecule has 2 heteroatoms. The highest BCUT2D eigenvalue weighted by atomic mass is 15.0. The molecular weight excluding hydrogens is 136 g/mol. The molecule has 0 amide bonds. The van der Waals surface area contributed by atoms with Gasteiger partial charge in [0.25, 0.3) is 0 Å². The van der Waals surface area contributed by atoms with Gasteiger partial charge in [0, 0.05) is 12.4 Å². The van der Waals surface area contributed by atoms with Crippen molar-refractivity contribution in [3.63, 3.8) is 0 Å². The molecule has 2 nitrogen and oxygen atoms in total. The van der Waals surface area contributed by atoms with Crippen molar-refractivity contribution in [2.75, 3.05) is 0 Å². The fraction of sp³-hybridized carbons (Fsp3) is 0.333. The van der Waals surface area contributed by atoms with Crippen LogP contribution in [0.2, 0.25) is 0 Å². The number of rotatable bonds is 0. The van der Waals surface area contributed by atoms with Gasteiger partial charge in [-0.25, -0.2) is 9.98 Å². The van der Waals surface area contributed by atoms with Gasteiger partial charge in [0.1, 0.15) is 5.84 Å². The van der Waals surface area contributed by atoms with E-state index in [1.807, 2.05) is 18.5 Å². The average Bonchev–Trinajstić information content (AvgIpc) is 2.75. The zero-order valence-corrected chi connectivity index (χ0v) is 6.07. The third-order valence-electron chi connectivity index (χ3n) is 2.67. The third-order valence-corrected chi connectivity index (χ3v) is 2.67. The van der Waals surface area contributed by atoms with Gasteiger partial charge in [-0.1, -0.05) is 12.2 Å². The molecule has 1 saturated carbocycles. The molecule has 0 aromatic carbocycles. The fourth-order valence-corrected chi connectivity index (χ4v) is 1.89. The Kier molecular flexibility index (Phi) is 0.757. The second-order valence-corrected chi connectivity index (χ2v) is 3.28. The molecule has 2 heterocycles. The van der Waals surface area contributed by atoms with Crippen LogP contribution in [0.4, 0.5) is 0 Å². The van der Waals surface area contributed by atoms with Crippen molar-refractivity contribution in [1.82, 2.24) is 0 Å². The van der Waals surface area contributed by atoms with Crippen LogP contribution in [-0.2, 0) is 0 Å². The Hall–Kier alpha value is -1.18. The quantitative estimate of drug-likeness (QED) is 0.493. The molecule has 0 saturated heterocycles. The van der Waals surface area contributed by atoms with E-state index in [-0.39, 0.29) is 5.41 Å². The maximum Gasteiger partial charge on any atom is 0.138 e. The lowest BCUT2D eigenvalue weighted by atomic mass is 9.98. The summed E-state index contributed by atoms with van der Waals surface area (Å²) in [5.74, 6) is 1.69. The van der Waals surface area contributed by atoms with E-state index in [1.54, 1.807) is 0 Å². The van der Waals surface area contributed by atoms with E-state index in [2.05, 4.69) is 22.1 Å². The lowest BCUT2D eigenvalue weighted by Gasteiger charge is -2.15. The predicted octanol–water partition coefficient (Wildman–Crippen LogP) is 1.56. The largest absolute Gasteiger partial charge is 0.241 e. The van der Waals surface area contributed by atoms with Crippen LogP contribution in [0.25, 0.3) is 0 Å². The minimum Gasteiger partial charge on any atom is -0.241 e. The van der Waals surface area contributed by atoms with Crippen LogP contribution >= 0.6 is 0 Å². The van der Waals surface area contributed by atoms with E-state index < -0.39 is 0 Å². The Labute approximate surface area is 65.1 Å². The fourth-order valence-electron chi connectivity index (χ4n) is 1.89. The molecular formula is C9H8N2. The number of nitrogens with zero attached hydrogens (tertiary/aromatic N) is 2. The molecule has 11 heavy (non-hydrogen) atoms. The first-order chi connectivity index (χ1) is 5.42. The molecule has 2 aliphatic heterocycles. The maximum absolute atomic E-state index is 4.25. The van der Waals surface area contributed by atoms with Crippen LogP contribution < -0.4 is 0 Å². The highest BCUT2D eigenvalue weighted by Gasteiger charge is 2.56. The molecule has 0 bridgehead atoms. The molecule has 2 atom stereocenters. The minimum absolute atomic E-state index is 0.226. The molecule has 3 rings (SSSR count). The van der Waals surface area contributed by atoms with E-state index in [0.29, 0.717) is 5.92 Å². The van der Waals surface area contributed by atoms with Gasteiger partial charge in [-0.3, -0.25) is 0 Å². The number of hydrogen-bond acceptors (Lipinski definition) is 2. The highest BCUT2D eigenvalue weighted by Crippen LogP contribution is 2.58. The average molecular weight is 144 g/mol. The molecule has 0 aromatic heterocycles. The molecule has 1 aliphatic carbocycles. The van der Waals surface area contributed by atoms with Gasteiger partial charge in [-0.15, -0.1) is 0 Å². The Bertz CT molecular complexity index is 322. The summed E-state index contributed by atoms with van der Waals surface area (Å²) < 4.78 is 0. The lowest BCUT2D eigenvalue weighted by Crippen LogP contribution is -2.17. The zero-order chi connectivity index (χ0) is 7.31. The van der Waals surface area contributed by atoms with Crippen LogP contribution in [0.15, 0.2) is 34.4 Å².